The van der Waals surface area contributed by atoms with Crippen molar-refractivity contribution < 1.29 is 42.8 Å². The highest BCUT2D eigenvalue weighted by molar-refractivity contribution is 6.15. The fourth-order valence-electron chi connectivity index (χ4n) is 4.46. The minimum Gasteiger partial charge on any atom is -0.497 e. The molecule has 2 aliphatic heterocycles. The van der Waals surface area contributed by atoms with Crippen LogP contribution in [0.2, 0.25) is 0 Å². The van der Waals surface area contributed by atoms with E-state index in [0.29, 0.717) is 45.4 Å². The number of fused-ring (bicyclic) bond motifs is 3. The summed E-state index contributed by atoms with van der Waals surface area (Å²) in [6, 6.07) is 15.6. The number of rotatable bonds is 7. The average Bonchev–Trinajstić information content (AvgIpc) is 3.26. The zero-order chi connectivity index (χ0) is 26.8. The first-order chi connectivity index (χ1) is 18.4. The Labute approximate surface area is 218 Å². The van der Waals surface area contributed by atoms with Crippen molar-refractivity contribution in [2.75, 3.05) is 27.9 Å². The molecule has 0 amide bonds. The smallest absolute Gasteiger partial charge is 0.343 e. The van der Waals surface area contributed by atoms with Gasteiger partial charge in [0.1, 0.15) is 17.2 Å². The highest BCUT2D eigenvalue weighted by Gasteiger charge is 2.38. The zero-order valence-corrected chi connectivity index (χ0v) is 20.9. The number of Topliss-reactive ketones (excluding diaryl/α,β-unsaturated/α-hetero) is 1. The number of ether oxygens (including phenoxy) is 6. The number of hydrogen-bond acceptors (Lipinski definition) is 9. The van der Waals surface area contributed by atoms with Gasteiger partial charge in [-0.1, -0.05) is 18.2 Å². The standard InChI is InChI=1S/C29H24O9/c1-33-18-7-4-16(5-8-18)12-24-28(32)19-9-11-22-27(29(19)38-24)20(14-25(30)37-22)17-6-10-21(34-2)23(13-17)36-15-26(31)35-3/h4-13,20H,14-15H2,1-3H3. The lowest BCUT2D eigenvalue weighted by atomic mass is 9.84. The van der Waals surface area contributed by atoms with E-state index in [1.165, 1.54) is 14.2 Å². The van der Waals surface area contributed by atoms with Crippen LogP contribution in [0.25, 0.3) is 6.08 Å². The van der Waals surface area contributed by atoms with Gasteiger partial charge in [-0.3, -0.25) is 9.59 Å². The van der Waals surface area contributed by atoms with E-state index in [-0.39, 0.29) is 24.6 Å². The number of benzene rings is 3. The van der Waals surface area contributed by atoms with E-state index in [4.69, 9.17) is 23.7 Å². The van der Waals surface area contributed by atoms with Gasteiger partial charge in [-0.15, -0.1) is 0 Å². The predicted octanol–water partition coefficient (Wildman–Crippen LogP) is 4.31. The largest absolute Gasteiger partial charge is 0.497 e. The third-order valence-corrected chi connectivity index (χ3v) is 6.36. The molecule has 0 fully saturated rings. The Bertz CT molecular complexity index is 1450. The van der Waals surface area contributed by atoms with Gasteiger partial charge in [0.2, 0.25) is 5.78 Å². The van der Waals surface area contributed by atoms with Gasteiger partial charge in [-0.25, -0.2) is 4.79 Å². The topological polar surface area (TPSA) is 107 Å². The molecule has 0 bridgehead atoms. The van der Waals surface area contributed by atoms with Crippen molar-refractivity contribution >= 4 is 23.8 Å². The van der Waals surface area contributed by atoms with Gasteiger partial charge in [-0.2, -0.15) is 0 Å². The second kappa shape index (κ2) is 10.3. The highest BCUT2D eigenvalue weighted by atomic mass is 16.6. The van der Waals surface area contributed by atoms with E-state index in [2.05, 4.69) is 4.74 Å². The van der Waals surface area contributed by atoms with Crippen molar-refractivity contribution in [1.29, 1.82) is 0 Å². The first-order valence-electron chi connectivity index (χ1n) is 11.7. The quantitative estimate of drug-likeness (QED) is 0.258. The fraction of sp³-hybridized carbons (Fsp3) is 0.207. The lowest BCUT2D eigenvalue weighted by Gasteiger charge is -2.26. The summed E-state index contributed by atoms with van der Waals surface area (Å²) in [5.74, 6) is 0.485. The lowest BCUT2D eigenvalue weighted by molar-refractivity contribution is -0.143. The van der Waals surface area contributed by atoms with Gasteiger partial charge >= 0.3 is 11.9 Å². The molecule has 1 unspecified atom stereocenters. The van der Waals surface area contributed by atoms with Crippen LogP contribution in [0.1, 0.15) is 39.4 Å². The highest BCUT2D eigenvalue weighted by Crippen LogP contribution is 2.49. The van der Waals surface area contributed by atoms with Crippen molar-refractivity contribution in [3.63, 3.8) is 0 Å². The summed E-state index contributed by atoms with van der Waals surface area (Å²) in [5.41, 5.74) is 2.42. The van der Waals surface area contributed by atoms with Crippen molar-refractivity contribution in [3.8, 4) is 28.7 Å². The number of methoxy groups -OCH3 is 3. The Morgan fingerprint density at radius 1 is 0.947 bits per heavy atom. The Kier molecular flexibility index (Phi) is 6.74. The van der Waals surface area contributed by atoms with Crippen molar-refractivity contribution in [2.45, 2.75) is 12.3 Å². The van der Waals surface area contributed by atoms with Gasteiger partial charge in [0.15, 0.2) is 23.9 Å². The van der Waals surface area contributed by atoms with Crippen LogP contribution < -0.4 is 23.7 Å². The number of esters is 2. The summed E-state index contributed by atoms with van der Waals surface area (Å²) in [7, 11) is 4.33. The number of hydrogen-bond donors (Lipinski definition) is 0. The first kappa shape index (κ1) is 24.9. The lowest BCUT2D eigenvalue weighted by Crippen LogP contribution is -2.21. The van der Waals surface area contributed by atoms with Crippen LogP contribution in [0.5, 0.6) is 28.7 Å². The third kappa shape index (κ3) is 4.66. The third-order valence-electron chi connectivity index (χ3n) is 6.36. The molecule has 9 heteroatoms. The Morgan fingerprint density at radius 2 is 1.74 bits per heavy atom. The molecule has 0 N–H and O–H groups in total. The van der Waals surface area contributed by atoms with Gasteiger partial charge in [-0.05, 0) is 53.6 Å². The summed E-state index contributed by atoms with van der Waals surface area (Å²) in [6.07, 6.45) is 1.67. The molecular weight excluding hydrogens is 492 g/mol. The minimum atomic E-state index is -0.551. The van der Waals surface area contributed by atoms with Crippen LogP contribution in [-0.4, -0.2) is 45.7 Å². The SMILES string of the molecule is COC(=O)COc1cc(C2CC(=O)Oc3ccc4c(c32)OC(=Cc2ccc(OC)cc2)C4=O)ccc1OC. The maximum Gasteiger partial charge on any atom is 0.343 e. The van der Waals surface area contributed by atoms with Gasteiger partial charge in [0, 0.05) is 11.5 Å². The minimum absolute atomic E-state index is 0.0152. The molecule has 1 atom stereocenters. The average molecular weight is 517 g/mol. The fourth-order valence-corrected chi connectivity index (χ4v) is 4.46. The van der Waals surface area contributed by atoms with E-state index in [9.17, 15) is 14.4 Å². The summed E-state index contributed by atoms with van der Waals surface area (Å²) < 4.78 is 32.4. The van der Waals surface area contributed by atoms with Crippen LogP contribution in [-0.2, 0) is 14.3 Å². The van der Waals surface area contributed by atoms with E-state index in [1.807, 2.05) is 12.1 Å². The van der Waals surface area contributed by atoms with Crippen LogP contribution in [0, 0.1) is 0 Å². The molecule has 2 heterocycles. The number of carbonyl (C=O) groups excluding carboxylic acids is 3. The first-order valence-corrected chi connectivity index (χ1v) is 11.7. The molecule has 0 radical (unpaired) electrons. The summed E-state index contributed by atoms with van der Waals surface area (Å²) >= 11 is 0. The molecule has 3 aromatic carbocycles. The number of carbonyl (C=O) groups is 3. The molecule has 0 saturated carbocycles. The van der Waals surface area contributed by atoms with Crippen molar-refractivity contribution in [3.05, 3.63) is 82.6 Å². The number of ketones is 1. The maximum absolute atomic E-state index is 13.2. The molecular formula is C29H24O9. The van der Waals surface area contributed by atoms with E-state index in [1.54, 1.807) is 55.7 Å². The van der Waals surface area contributed by atoms with Gasteiger partial charge < -0.3 is 28.4 Å². The second-order valence-electron chi connectivity index (χ2n) is 8.57. The molecule has 0 aliphatic carbocycles. The van der Waals surface area contributed by atoms with Crippen LogP contribution in [0.4, 0.5) is 0 Å². The van der Waals surface area contributed by atoms with E-state index in [0.717, 1.165) is 5.56 Å². The van der Waals surface area contributed by atoms with E-state index >= 15 is 0 Å². The molecule has 0 saturated heterocycles. The van der Waals surface area contributed by atoms with Crippen LogP contribution in [0.15, 0.2) is 60.4 Å². The van der Waals surface area contributed by atoms with Gasteiger partial charge in [0.05, 0.1) is 33.3 Å². The summed E-state index contributed by atoms with van der Waals surface area (Å²) in [4.78, 5) is 37.4. The molecule has 2 aliphatic rings. The summed E-state index contributed by atoms with van der Waals surface area (Å²) in [5, 5.41) is 0. The van der Waals surface area contributed by atoms with Crippen molar-refractivity contribution in [2.24, 2.45) is 0 Å². The Hall–Kier alpha value is -4.79. The monoisotopic (exact) mass is 516 g/mol. The number of allylic oxidation sites excluding steroid dienone is 1. The second-order valence-corrected chi connectivity index (χ2v) is 8.57. The Balaban J connectivity index is 1.54. The molecule has 9 nitrogen and oxygen atoms in total. The van der Waals surface area contributed by atoms with Crippen LogP contribution in [0.3, 0.4) is 0 Å². The molecule has 3 aromatic rings. The zero-order valence-electron chi connectivity index (χ0n) is 20.9. The van der Waals surface area contributed by atoms with Gasteiger partial charge in [0.25, 0.3) is 0 Å². The molecule has 194 valence electrons. The Morgan fingerprint density at radius 3 is 2.45 bits per heavy atom. The summed E-state index contributed by atoms with van der Waals surface area (Å²) in [6.45, 7) is -0.313. The molecule has 0 spiro atoms. The normalized spacial score (nSPS) is 16.7. The maximum atomic E-state index is 13.2. The predicted molar refractivity (Wildman–Crippen MR) is 135 cm³/mol. The van der Waals surface area contributed by atoms with Crippen molar-refractivity contribution in [1.82, 2.24) is 0 Å². The molecule has 0 aromatic heterocycles. The van der Waals surface area contributed by atoms with E-state index < -0.39 is 17.9 Å². The van der Waals surface area contributed by atoms with Crippen LogP contribution >= 0.6 is 0 Å². The molecule has 5 rings (SSSR count). The molecule has 38 heavy (non-hydrogen) atoms.